The van der Waals surface area contributed by atoms with Crippen LogP contribution in [0, 0.1) is 5.92 Å². The first-order valence-corrected chi connectivity index (χ1v) is 9.86. The molecule has 4 rings (SSSR count). The van der Waals surface area contributed by atoms with Gasteiger partial charge in [-0.1, -0.05) is 42.5 Å². The molecule has 2 fully saturated rings. The highest BCUT2D eigenvalue weighted by Crippen LogP contribution is 2.32. The van der Waals surface area contributed by atoms with Gasteiger partial charge in [-0.15, -0.1) is 0 Å². The Labute approximate surface area is 159 Å². The normalized spacial score (nSPS) is 20.3. The largest absolute Gasteiger partial charge is 0.480 e. The smallest absolute Gasteiger partial charge is 0.325 e. The number of carboxylic acids is 1. The lowest BCUT2D eigenvalue weighted by molar-refractivity contribution is -0.144. The van der Waals surface area contributed by atoms with Crippen molar-refractivity contribution in [1.82, 2.24) is 9.80 Å². The predicted molar refractivity (Wildman–Crippen MR) is 104 cm³/mol. The Morgan fingerprint density at radius 1 is 1.07 bits per heavy atom. The molecule has 0 aromatic heterocycles. The van der Waals surface area contributed by atoms with Crippen molar-refractivity contribution in [1.29, 1.82) is 0 Å². The molecule has 1 amide bonds. The van der Waals surface area contributed by atoms with E-state index in [1.165, 1.54) is 0 Å². The van der Waals surface area contributed by atoms with Gasteiger partial charge in [0.1, 0.15) is 6.04 Å². The summed E-state index contributed by atoms with van der Waals surface area (Å²) < 4.78 is 0. The lowest BCUT2D eigenvalue weighted by Gasteiger charge is -2.37. The fourth-order valence-electron chi connectivity index (χ4n) is 4.58. The summed E-state index contributed by atoms with van der Waals surface area (Å²) in [5.41, 5.74) is 0.869. The zero-order chi connectivity index (χ0) is 18.8. The molecule has 2 aliphatic heterocycles. The van der Waals surface area contributed by atoms with Gasteiger partial charge >= 0.3 is 5.97 Å². The van der Waals surface area contributed by atoms with E-state index in [1.807, 2.05) is 47.4 Å². The number of hydrogen-bond acceptors (Lipinski definition) is 3. The van der Waals surface area contributed by atoms with Crippen LogP contribution in [0.1, 0.15) is 37.3 Å². The summed E-state index contributed by atoms with van der Waals surface area (Å²) in [6.07, 6.45) is 3.54. The van der Waals surface area contributed by atoms with E-state index in [0.29, 0.717) is 12.3 Å². The predicted octanol–water partition coefficient (Wildman–Crippen LogP) is 3.30. The third-order valence-electron chi connectivity index (χ3n) is 6.02. The first-order valence-electron chi connectivity index (χ1n) is 9.86. The van der Waals surface area contributed by atoms with E-state index >= 15 is 0 Å². The first-order chi connectivity index (χ1) is 13.1. The average Bonchev–Trinajstić information content (AvgIpc) is 3.08. The van der Waals surface area contributed by atoms with Crippen LogP contribution in [-0.4, -0.2) is 53.0 Å². The number of piperidine rings is 1. The molecule has 2 aromatic carbocycles. The molecule has 0 aliphatic carbocycles. The van der Waals surface area contributed by atoms with E-state index in [4.69, 9.17) is 0 Å². The number of rotatable bonds is 5. The molecule has 5 nitrogen and oxygen atoms in total. The fourth-order valence-corrected chi connectivity index (χ4v) is 4.58. The number of carboxylic acid groups (broad SMARTS) is 1. The SMILES string of the molecule is O=C(O)[C@H](c1cccc2ccccc12)N1CCC(CN2CCCC2=O)CC1. The first kappa shape index (κ1) is 18.0. The second-order valence-electron chi connectivity index (χ2n) is 7.73. The van der Waals surface area contributed by atoms with Gasteiger partial charge < -0.3 is 10.0 Å². The minimum atomic E-state index is -0.792. The van der Waals surface area contributed by atoms with E-state index in [2.05, 4.69) is 4.90 Å². The highest BCUT2D eigenvalue weighted by Gasteiger charge is 2.33. The lowest BCUT2D eigenvalue weighted by atomic mass is 9.92. The number of nitrogens with zero attached hydrogens (tertiary/aromatic N) is 2. The van der Waals surface area contributed by atoms with Crippen LogP contribution in [0.25, 0.3) is 10.8 Å². The van der Waals surface area contributed by atoms with Crippen molar-refractivity contribution in [2.75, 3.05) is 26.2 Å². The Balaban J connectivity index is 1.49. The zero-order valence-corrected chi connectivity index (χ0v) is 15.5. The highest BCUT2D eigenvalue weighted by molar-refractivity contribution is 5.90. The third-order valence-corrected chi connectivity index (χ3v) is 6.02. The van der Waals surface area contributed by atoms with Crippen molar-refractivity contribution < 1.29 is 14.7 Å². The summed E-state index contributed by atoms with van der Waals surface area (Å²) in [5.74, 6) is -0.0404. The number of likely N-dealkylation sites (tertiary alicyclic amines) is 2. The number of fused-ring (bicyclic) bond motifs is 1. The van der Waals surface area contributed by atoms with Gasteiger partial charge in [0.2, 0.25) is 5.91 Å². The van der Waals surface area contributed by atoms with E-state index in [0.717, 1.165) is 61.8 Å². The number of benzene rings is 2. The van der Waals surface area contributed by atoms with Crippen LogP contribution in [0.3, 0.4) is 0 Å². The molecule has 0 bridgehead atoms. The molecule has 1 atom stereocenters. The van der Waals surface area contributed by atoms with Crippen LogP contribution in [0.5, 0.6) is 0 Å². The van der Waals surface area contributed by atoms with Gasteiger partial charge in [0.05, 0.1) is 0 Å². The summed E-state index contributed by atoms with van der Waals surface area (Å²) in [6.45, 7) is 3.23. The molecule has 0 saturated carbocycles. The molecule has 2 saturated heterocycles. The van der Waals surface area contributed by atoms with Gasteiger partial charge in [-0.05, 0) is 54.6 Å². The maximum Gasteiger partial charge on any atom is 0.325 e. The van der Waals surface area contributed by atoms with Crippen molar-refractivity contribution in [2.24, 2.45) is 5.92 Å². The Morgan fingerprint density at radius 2 is 1.81 bits per heavy atom. The molecule has 1 N–H and O–H groups in total. The molecule has 2 heterocycles. The monoisotopic (exact) mass is 366 g/mol. The molecular weight excluding hydrogens is 340 g/mol. The van der Waals surface area contributed by atoms with E-state index < -0.39 is 12.0 Å². The van der Waals surface area contributed by atoms with Crippen molar-refractivity contribution in [3.8, 4) is 0 Å². The van der Waals surface area contributed by atoms with Crippen LogP contribution in [0.15, 0.2) is 42.5 Å². The maximum atomic E-state index is 12.2. The molecule has 0 unspecified atom stereocenters. The van der Waals surface area contributed by atoms with Gasteiger partial charge in [0.15, 0.2) is 0 Å². The van der Waals surface area contributed by atoms with Crippen LogP contribution in [0.4, 0.5) is 0 Å². The molecule has 2 aromatic rings. The van der Waals surface area contributed by atoms with E-state index in [1.54, 1.807) is 0 Å². The standard InChI is InChI=1S/C22H26N2O3/c25-20-9-4-12-24(20)15-16-10-13-23(14-11-16)21(22(26)27)19-8-3-6-17-5-1-2-7-18(17)19/h1-3,5-8,16,21H,4,9-15H2,(H,26,27)/t21-/m0/s1. The number of aliphatic carboxylic acids is 1. The van der Waals surface area contributed by atoms with Crippen LogP contribution in [-0.2, 0) is 9.59 Å². The van der Waals surface area contributed by atoms with Gasteiger partial charge in [0.25, 0.3) is 0 Å². The Hall–Kier alpha value is -2.40. The van der Waals surface area contributed by atoms with Crippen molar-refractivity contribution in [3.05, 3.63) is 48.0 Å². The molecule has 142 valence electrons. The number of amides is 1. The van der Waals surface area contributed by atoms with E-state index in [-0.39, 0.29) is 5.91 Å². The van der Waals surface area contributed by atoms with Gasteiger partial charge in [0, 0.05) is 19.5 Å². The third kappa shape index (κ3) is 3.69. The zero-order valence-electron chi connectivity index (χ0n) is 15.5. The summed E-state index contributed by atoms with van der Waals surface area (Å²) >= 11 is 0. The minimum Gasteiger partial charge on any atom is -0.480 e. The molecule has 2 aliphatic rings. The van der Waals surface area contributed by atoms with Gasteiger partial charge in [-0.3, -0.25) is 14.5 Å². The van der Waals surface area contributed by atoms with Crippen LogP contribution >= 0.6 is 0 Å². The van der Waals surface area contributed by atoms with Crippen LogP contribution < -0.4 is 0 Å². The van der Waals surface area contributed by atoms with Crippen molar-refractivity contribution in [3.63, 3.8) is 0 Å². The van der Waals surface area contributed by atoms with Gasteiger partial charge in [-0.2, -0.15) is 0 Å². The highest BCUT2D eigenvalue weighted by atomic mass is 16.4. The Bertz CT molecular complexity index is 837. The topological polar surface area (TPSA) is 60.9 Å². The minimum absolute atomic E-state index is 0.275. The Morgan fingerprint density at radius 3 is 2.52 bits per heavy atom. The summed E-state index contributed by atoms with van der Waals surface area (Å²) in [6, 6.07) is 13.3. The quantitative estimate of drug-likeness (QED) is 0.882. The maximum absolute atomic E-state index is 12.2. The molecule has 5 heteroatoms. The number of carbonyl (C=O) groups is 2. The lowest BCUT2D eigenvalue weighted by Crippen LogP contribution is -2.43. The number of carbonyl (C=O) groups excluding carboxylic acids is 1. The summed E-state index contributed by atoms with van der Waals surface area (Å²) in [4.78, 5) is 28.1. The molecular formula is C22H26N2O3. The average molecular weight is 366 g/mol. The van der Waals surface area contributed by atoms with Crippen molar-refractivity contribution in [2.45, 2.75) is 31.7 Å². The second-order valence-corrected chi connectivity index (χ2v) is 7.73. The molecule has 27 heavy (non-hydrogen) atoms. The van der Waals surface area contributed by atoms with Gasteiger partial charge in [-0.25, -0.2) is 0 Å². The molecule has 0 spiro atoms. The second kappa shape index (κ2) is 7.69. The Kier molecular flexibility index (Phi) is 5.12. The van der Waals surface area contributed by atoms with Crippen molar-refractivity contribution >= 4 is 22.6 Å². The number of hydrogen-bond donors (Lipinski definition) is 1. The molecule has 0 radical (unpaired) electrons. The fraction of sp³-hybridized carbons (Fsp3) is 0.455. The van der Waals surface area contributed by atoms with E-state index in [9.17, 15) is 14.7 Å². The summed E-state index contributed by atoms with van der Waals surface area (Å²) in [7, 11) is 0. The summed E-state index contributed by atoms with van der Waals surface area (Å²) in [5, 5.41) is 12.1. The van der Waals surface area contributed by atoms with Crippen LogP contribution in [0.2, 0.25) is 0 Å².